The zero-order valence-corrected chi connectivity index (χ0v) is 13.2. The minimum absolute atomic E-state index is 0.183. The van der Waals surface area contributed by atoms with Gasteiger partial charge in [-0.1, -0.05) is 18.5 Å². The number of aromatic nitrogens is 2. The fourth-order valence-corrected chi connectivity index (χ4v) is 2.28. The molecule has 0 fully saturated rings. The molecule has 0 amide bonds. The summed E-state index contributed by atoms with van der Waals surface area (Å²) in [4.78, 5) is 12.1. The van der Waals surface area contributed by atoms with Crippen molar-refractivity contribution in [1.82, 2.24) is 9.78 Å². The van der Waals surface area contributed by atoms with Crippen molar-refractivity contribution in [2.45, 2.75) is 19.9 Å². The molecule has 0 aliphatic rings. The lowest BCUT2D eigenvalue weighted by atomic mass is 10.2. The molecule has 2 aromatic rings. The normalized spacial score (nSPS) is 10.6. The predicted octanol–water partition coefficient (Wildman–Crippen LogP) is 3.40. The maximum Gasteiger partial charge on any atom is 0.283 e. The van der Waals surface area contributed by atoms with E-state index < -0.39 is 0 Å². The van der Waals surface area contributed by atoms with Crippen LogP contribution in [-0.2, 0) is 6.54 Å². The Morgan fingerprint density at radius 3 is 2.90 bits per heavy atom. The van der Waals surface area contributed by atoms with Crippen molar-refractivity contribution >= 4 is 44.6 Å². The second-order valence-electron chi connectivity index (χ2n) is 4.26. The van der Waals surface area contributed by atoms with Gasteiger partial charge in [-0.05, 0) is 40.5 Å². The summed E-state index contributed by atoms with van der Waals surface area (Å²) >= 11 is 9.37. The molecular formula is C13H14BrClN4O. The molecule has 0 spiro atoms. The van der Waals surface area contributed by atoms with Gasteiger partial charge in [-0.15, -0.1) is 0 Å². The Hall–Kier alpha value is -1.53. The fourth-order valence-electron chi connectivity index (χ4n) is 1.71. The molecule has 0 saturated heterocycles. The van der Waals surface area contributed by atoms with E-state index in [0.717, 1.165) is 6.42 Å². The van der Waals surface area contributed by atoms with Crippen LogP contribution in [0.1, 0.15) is 13.3 Å². The van der Waals surface area contributed by atoms with Crippen LogP contribution in [0, 0.1) is 0 Å². The lowest BCUT2D eigenvalue weighted by molar-refractivity contribution is 0.566. The molecule has 0 bridgehead atoms. The summed E-state index contributed by atoms with van der Waals surface area (Å²) in [5.74, 6) is 0. The molecule has 20 heavy (non-hydrogen) atoms. The topological polar surface area (TPSA) is 72.9 Å². The largest absolute Gasteiger partial charge is 0.399 e. The van der Waals surface area contributed by atoms with Crippen LogP contribution in [0.5, 0.6) is 0 Å². The van der Waals surface area contributed by atoms with Crippen LogP contribution >= 0.6 is 27.5 Å². The average molecular weight is 358 g/mol. The van der Waals surface area contributed by atoms with Gasteiger partial charge in [-0.25, -0.2) is 4.68 Å². The zero-order valence-electron chi connectivity index (χ0n) is 10.9. The second-order valence-corrected chi connectivity index (χ2v) is 5.47. The standard InChI is InChI=1S/C13H14BrClN4O/c1-2-5-19-13(20)12(14)11(7-17-19)18-10-6-8(16)3-4-9(10)15/h3-4,6-7,18H,2,5,16H2,1H3. The average Bonchev–Trinajstić information content (AvgIpc) is 2.42. The van der Waals surface area contributed by atoms with Crippen molar-refractivity contribution in [2.24, 2.45) is 0 Å². The van der Waals surface area contributed by atoms with Crippen molar-refractivity contribution in [1.29, 1.82) is 0 Å². The molecule has 5 nitrogen and oxygen atoms in total. The number of aryl methyl sites for hydroxylation is 1. The number of benzene rings is 1. The molecule has 2 rings (SSSR count). The van der Waals surface area contributed by atoms with Gasteiger partial charge >= 0.3 is 0 Å². The minimum atomic E-state index is -0.183. The number of hydrogen-bond acceptors (Lipinski definition) is 4. The Kier molecular flexibility index (Phi) is 4.67. The summed E-state index contributed by atoms with van der Waals surface area (Å²) in [6.07, 6.45) is 2.42. The first-order valence-electron chi connectivity index (χ1n) is 6.10. The highest BCUT2D eigenvalue weighted by molar-refractivity contribution is 9.10. The van der Waals surface area contributed by atoms with E-state index in [1.165, 1.54) is 4.68 Å². The maximum absolute atomic E-state index is 12.1. The molecule has 0 aliphatic carbocycles. The molecule has 0 unspecified atom stereocenters. The van der Waals surface area contributed by atoms with E-state index in [9.17, 15) is 4.79 Å². The number of rotatable bonds is 4. The molecule has 106 valence electrons. The Labute approximate surface area is 129 Å². The van der Waals surface area contributed by atoms with Gasteiger partial charge in [0.1, 0.15) is 4.47 Å². The van der Waals surface area contributed by atoms with Crippen LogP contribution in [0.15, 0.2) is 33.7 Å². The lowest BCUT2D eigenvalue weighted by Gasteiger charge is -2.11. The number of nitrogens with two attached hydrogens (primary N) is 1. The van der Waals surface area contributed by atoms with Crippen molar-refractivity contribution < 1.29 is 0 Å². The monoisotopic (exact) mass is 356 g/mol. The van der Waals surface area contributed by atoms with Crippen LogP contribution in [0.3, 0.4) is 0 Å². The molecule has 7 heteroatoms. The van der Waals surface area contributed by atoms with E-state index in [4.69, 9.17) is 17.3 Å². The lowest BCUT2D eigenvalue weighted by Crippen LogP contribution is -2.24. The quantitative estimate of drug-likeness (QED) is 0.823. The second kappa shape index (κ2) is 6.28. The van der Waals surface area contributed by atoms with E-state index in [0.29, 0.717) is 33.1 Å². The van der Waals surface area contributed by atoms with Crippen LogP contribution in [0.4, 0.5) is 17.1 Å². The summed E-state index contributed by atoms with van der Waals surface area (Å²) in [5, 5.41) is 7.69. The smallest absolute Gasteiger partial charge is 0.283 e. The number of hydrogen-bond donors (Lipinski definition) is 2. The zero-order chi connectivity index (χ0) is 14.7. The molecule has 0 saturated carbocycles. The van der Waals surface area contributed by atoms with Crippen molar-refractivity contribution in [3.05, 3.63) is 44.2 Å². The van der Waals surface area contributed by atoms with E-state index >= 15 is 0 Å². The van der Waals surface area contributed by atoms with Crippen LogP contribution < -0.4 is 16.6 Å². The highest BCUT2D eigenvalue weighted by atomic mass is 79.9. The first kappa shape index (κ1) is 14.9. The van der Waals surface area contributed by atoms with Crippen molar-refractivity contribution in [2.75, 3.05) is 11.1 Å². The van der Waals surface area contributed by atoms with Crippen LogP contribution in [-0.4, -0.2) is 9.78 Å². The highest BCUT2D eigenvalue weighted by Crippen LogP contribution is 2.29. The van der Waals surface area contributed by atoms with Gasteiger partial charge in [0, 0.05) is 12.2 Å². The summed E-state index contributed by atoms with van der Waals surface area (Å²) in [7, 11) is 0. The summed E-state index contributed by atoms with van der Waals surface area (Å²) in [5.41, 5.74) is 7.30. The molecular weight excluding hydrogens is 344 g/mol. The SMILES string of the molecule is CCCn1ncc(Nc2cc(N)ccc2Cl)c(Br)c1=O. The first-order valence-corrected chi connectivity index (χ1v) is 7.27. The number of nitrogens with zero attached hydrogens (tertiary/aromatic N) is 2. The molecule has 0 aliphatic heterocycles. The minimum Gasteiger partial charge on any atom is -0.399 e. The molecule has 1 heterocycles. The summed E-state index contributed by atoms with van der Waals surface area (Å²) < 4.78 is 1.83. The number of nitrogen functional groups attached to an aromatic ring is 1. The van der Waals surface area contributed by atoms with Gasteiger partial charge in [0.15, 0.2) is 0 Å². The predicted molar refractivity (Wildman–Crippen MR) is 85.6 cm³/mol. The molecule has 3 N–H and O–H groups in total. The summed E-state index contributed by atoms with van der Waals surface area (Å²) in [6.45, 7) is 2.57. The van der Waals surface area contributed by atoms with Gasteiger partial charge < -0.3 is 11.1 Å². The van der Waals surface area contributed by atoms with E-state index in [-0.39, 0.29) is 5.56 Å². The Bertz CT molecular complexity index is 687. The van der Waals surface area contributed by atoms with Gasteiger partial charge in [-0.2, -0.15) is 5.10 Å². The van der Waals surface area contributed by atoms with Gasteiger partial charge in [0.25, 0.3) is 5.56 Å². The van der Waals surface area contributed by atoms with Crippen LogP contribution in [0.2, 0.25) is 5.02 Å². The summed E-state index contributed by atoms with van der Waals surface area (Å²) in [6, 6.07) is 5.10. The third-order valence-corrected chi connectivity index (χ3v) is 3.78. The number of halogens is 2. The Morgan fingerprint density at radius 2 is 2.20 bits per heavy atom. The molecule has 0 radical (unpaired) electrons. The van der Waals surface area contributed by atoms with Gasteiger partial charge in [-0.3, -0.25) is 4.79 Å². The molecule has 1 aromatic carbocycles. The first-order chi connectivity index (χ1) is 9.52. The third-order valence-electron chi connectivity index (χ3n) is 2.68. The molecule has 1 aromatic heterocycles. The van der Waals surface area contributed by atoms with Gasteiger partial charge in [0.05, 0.1) is 22.6 Å². The van der Waals surface area contributed by atoms with E-state index in [1.807, 2.05) is 6.92 Å². The van der Waals surface area contributed by atoms with E-state index in [2.05, 4.69) is 26.3 Å². The highest BCUT2D eigenvalue weighted by Gasteiger charge is 2.10. The van der Waals surface area contributed by atoms with Crippen molar-refractivity contribution in [3.8, 4) is 0 Å². The van der Waals surface area contributed by atoms with E-state index in [1.54, 1.807) is 24.4 Å². The maximum atomic E-state index is 12.1. The van der Waals surface area contributed by atoms with Crippen molar-refractivity contribution in [3.63, 3.8) is 0 Å². The number of anilines is 3. The molecule has 0 atom stereocenters. The third kappa shape index (κ3) is 3.13. The Morgan fingerprint density at radius 1 is 1.45 bits per heavy atom. The Balaban J connectivity index is 2.37. The van der Waals surface area contributed by atoms with Gasteiger partial charge in [0.2, 0.25) is 0 Å². The number of nitrogens with one attached hydrogen (secondary N) is 1. The fraction of sp³-hybridized carbons (Fsp3) is 0.231. The van der Waals surface area contributed by atoms with Crippen LogP contribution in [0.25, 0.3) is 0 Å².